The summed E-state index contributed by atoms with van der Waals surface area (Å²) in [5.74, 6) is 0. The average Bonchev–Trinajstić information content (AvgIpc) is 2.89. The summed E-state index contributed by atoms with van der Waals surface area (Å²) >= 11 is 6.44. The first-order chi connectivity index (χ1) is 9.37. The molecule has 1 aliphatic rings. The predicted octanol–water partition coefficient (Wildman–Crippen LogP) is 4.61. The van der Waals surface area contributed by atoms with Crippen molar-refractivity contribution in [2.45, 2.75) is 64.6 Å². The van der Waals surface area contributed by atoms with Gasteiger partial charge in [0, 0.05) is 35.9 Å². The summed E-state index contributed by atoms with van der Waals surface area (Å²) in [7, 11) is 2.19. The Morgan fingerprint density at radius 2 is 1.90 bits per heavy atom. The largest absolute Gasteiger partial charge is 0.372 e. The van der Waals surface area contributed by atoms with E-state index in [2.05, 4.69) is 56.2 Å². The topological polar surface area (TPSA) is 15.3 Å². The van der Waals surface area contributed by atoms with E-state index in [4.69, 9.17) is 11.6 Å². The van der Waals surface area contributed by atoms with E-state index in [-0.39, 0.29) is 5.54 Å². The molecule has 0 aromatic heterocycles. The second-order valence-electron chi connectivity index (χ2n) is 6.93. The Kier molecular flexibility index (Phi) is 4.98. The van der Waals surface area contributed by atoms with Gasteiger partial charge in [0.25, 0.3) is 0 Å². The van der Waals surface area contributed by atoms with E-state index in [1.807, 2.05) is 0 Å². The normalized spacial score (nSPS) is 16.6. The van der Waals surface area contributed by atoms with E-state index in [9.17, 15) is 0 Å². The Bertz CT molecular complexity index is 445. The summed E-state index contributed by atoms with van der Waals surface area (Å²) in [5, 5.41) is 4.35. The van der Waals surface area contributed by atoms with Crippen LogP contribution in [0.1, 0.15) is 52.0 Å². The van der Waals surface area contributed by atoms with Gasteiger partial charge in [-0.1, -0.05) is 30.5 Å². The highest BCUT2D eigenvalue weighted by Gasteiger charge is 2.20. The highest BCUT2D eigenvalue weighted by molar-refractivity contribution is 6.31. The van der Waals surface area contributed by atoms with Crippen LogP contribution in [-0.2, 0) is 6.54 Å². The molecule has 1 aromatic carbocycles. The van der Waals surface area contributed by atoms with Crippen LogP contribution in [0.3, 0.4) is 0 Å². The van der Waals surface area contributed by atoms with Gasteiger partial charge in [0.05, 0.1) is 0 Å². The molecule has 0 atom stereocenters. The number of rotatable bonds is 4. The van der Waals surface area contributed by atoms with Crippen molar-refractivity contribution < 1.29 is 0 Å². The van der Waals surface area contributed by atoms with Gasteiger partial charge in [-0.25, -0.2) is 0 Å². The van der Waals surface area contributed by atoms with Crippen LogP contribution < -0.4 is 10.2 Å². The summed E-state index contributed by atoms with van der Waals surface area (Å²) in [6.45, 7) is 7.32. The average molecular weight is 295 g/mol. The predicted molar refractivity (Wildman–Crippen MR) is 88.7 cm³/mol. The van der Waals surface area contributed by atoms with Crippen LogP contribution in [0.2, 0.25) is 5.02 Å². The molecule has 0 radical (unpaired) electrons. The van der Waals surface area contributed by atoms with Gasteiger partial charge in [0.1, 0.15) is 0 Å². The van der Waals surface area contributed by atoms with Gasteiger partial charge in [-0.2, -0.15) is 0 Å². The molecular weight excluding hydrogens is 268 g/mol. The van der Waals surface area contributed by atoms with Gasteiger partial charge in [0.15, 0.2) is 0 Å². The lowest BCUT2D eigenvalue weighted by atomic mass is 10.1. The first-order valence-corrected chi connectivity index (χ1v) is 8.01. The number of anilines is 1. The lowest BCUT2D eigenvalue weighted by Crippen LogP contribution is -2.35. The number of halogens is 1. The minimum absolute atomic E-state index is 0.114. The fourth-order valence-electron chi connectivity index (χ4n) is 2.76. The molecule has 1 aliphatic carbocycles. The van der Waals surface area contributed by atoms with Crippen molar-refractivity contribution in [3.8, 4) is 0 Å². The summed E-state index contributed by atoms with van der Waals surface area (Å²) in [6.07, 6.45) is 5.33. The maximum Gasteiger partial charge on any atom is 0.0471 e. The second kappa shape index (κ2) is 6.36. The molecule has 1 N–H and O–H groups in total. The number of hydrogen-bond donors (Lipinski definition) is 1. The quantitative estimate of drug-likeness (QED) is 0.872. The number of nitrogens with zero attached hydrogens (tertiary/aromatic N) is 1. The first-order valence-electron chi connectivity index (χ1n) is 7.63. The molecule has 112 valence electrons. The number of nitrogens with one attached hydrogen (secondary N) is 1. The summed E-state index contributed by atoms with van der Waals surface area (Å²) in [5.41, 5.74) is 2.52. The van der Waals surface area contributed by atoms with Gasteiger partial charge in [-0.05, 0) is 51.3 Å². The van der Waals surface area contributed by atoms with Crippen LogP contribution in [0.15, 0.2) is 18.2 Å². The molecule has 0 saturated heterocycles. The first kappa shape index (κ1) is 15.7. The summed E-state index contributed by atoms with van der Waals surface area (Å²) in [6, 6.07) is 7.15. The SMILES string of the molecule is CN(c1ccc(CNC(C)(C)C)c(Cl)c1)C1CCCC1. The van der Waals surface area contributed by atoms with Crippen LogP contribution in [0.4, 0.5) is 5.69 Å². The Labute approximate surface area is 128 Å². The number of benzene rings is 1. The van der Waals surface area contributed by atoms with Crippen molar-refractivity contribution >= 4 is 17.3 Å². The van der Waals surface area contributed by atoms with Crippen molar-refractivity contribution in [1.82, 2.24) is 5.32 Å². The van der Waals surface area contributed by atoms with Crippen molar-refractivity contribution in [2.75, 3.05) is 11.9 Å². The second-order valence-corrected chi connectivity index (χ2v) is 7.34. The Hall–Kier alpha value is -0.730. The molecule has 0 spiro atoms. The van der Waals surface area contributed by atoms with Crippen molar-refractivity contribution in [3.05, 3.63) is 28.8 Å². The lowest BCUT2D eigenvalue weighted by molar-refractivity contribution is 0.424. The molecule has 0 amide bonds. The van der Waals surface area contributed by atoms with Crippen molar-refractivity contribution in [1.29, 1.82) is 0 Å². The maximum atomic E-state index is 6.44. The van der Waals surface area contributed by atoms with Gasteiger partial charge in [-0.3, -0.25) is 0 Å². The van der Waals surface area contributed by atoms with Gasteiger partial charge in [0.2, 0.25) is 0 Å². The summed E-state index contributed by atoms with van der Waals surface area (Å²) in [4.78, 5) is 2.39. The molecule has 3 heteroatoms. The Balaban J connectivity index is 2.05. The molecule has 2 rings (SSSR count). The minimum atomic E-state index is 0.114. The van der Waals surface area contributed by atoms with Gasteiger partial charge >= 0.3 is 0 Å². The molecule has 20 heavy (non-hydrogen) atoms. The lowest BCUT2D eigenvalue weighted by Gasteiger charge is -2.27. The molecule has 2 nitrogen and oxygen atoms in total. The Morgan fingerprint density at radius 3 is 2.45 bits per heavy atom. The van der Waals surface area contributed by atoms with E-state index < -0.39 is 0 Å². The zero-order valence-corrected chi connectivity index (χ0v) is 13.9. The zero-order chi connectivity index (χ0) is 14.8. The standard InChI is InChI=1S/C17H27ClN2/c1-17(2,3)19-12-13-9-10-15(11-16(13)18)20(4)14-7-5-6-8-14/h9-11,14,19H,5-8,12H2,1-4H3. The zero-order valence-electron chi connectivity index (χ0n) is 13.2. The van der Waals surface area contributed by atoms with E-state index in [0.717, 1.165) is 11.6 Å². The minimum Gasteiger partial charge on any atom is -0.372 e. The van der Waals surface area contributed by atoms with Crippen LogP contribution in [0.25, 0.3) is 0 Å². The van der Waals surface area contributed by atoms with Crippen LogP contribution in [-0.4, -0.2) is 18.6 Å². The van der Waals surface area contributed by atoms with Crippen molar-refractivity contribution in [3.63, 3.8) is 0 Å². The molecule has 0 bridgehead atoms. The molecule has 0 heterocycles. The fourth-order valence-corrected chi connectivity index (χ4v) is 3.00. The highest BCUT2D eigenvalue weighted by Crippen LogP contribution is 2.29. The monoisotopic (exact) mass is 294 g/mol. The number of hydrogen-bond acceptors (Lipinski definition) is 2. The van der Waals surface area contributed by atoms with Gasteiger partial charge < -0.3 is 10.2 Å². The fraction of sp³-hybridized carbons (Fsp3) is 0.647. The molecule has 0 unspecified atom stereocenters. The molecular formula is C17H27ClN2. The smallest absolute Gasteiger partial charge is 0.0471 e. The molecule has 1 saturated carbocycles. The van der Waals surface area contributed by atoms with E-state index in [1.54, 1.807) is 0 Å². The van der Waals surface area contributed by atoms with Crippen LogP contribution in [0.5, 0.6) is 0 Å². The van der Waals surface area contributed by atoms with E-state index in [1.165, 1.54) is 36.9 Å². The summed E-state index contributed by atoms with van der Waals surface area (Å²) < 4.78 is 0. The third-order valence-electron chi connectivity index (χ3n) is 4.13. The van der Waals surface area contributed by atoms with Gasteiger partial charge in [-0.15, -0.1) is 0 Å². The van der Waals surface area contributed by atoms with E-state index >= 15 is 0 Å². The van der Waals surface area contributed by atoms with Crippen LogP contribution in [0, 0.1) is 0 Å². The Morgan fingerprint density at radius 1 is 1.25 bits per heavy atom. The highest BCUT2D eigenvalue weighted by atomic mass is 35.5. The third-order valence-corrected chi connectivity index (χ3v) is 4.48. The molecule has 0 aliphatic heterocycles. The van der Waals surface area contributed by atoms with E-state index in [0.29, 0.717) is 6.04 Å². The molecule has 1 fully saturated rings. The van der Waals surface area contributed by atoms with Crippen molar-refractivity contribution in [2.24, 2.45) is 0 Å². The molecule has 1 aromatic rings. The third kappa shape index (κ3) is 4.13. The maximum absolute atomic E-state index is 6.44. The van der Waals surface area contributed by atoms with Crippen LogP contribution >= 0.6 is 11.6 Å².